The van der Waals surface area contributed by atoms with Gasteiger partial charge in [-0.2, -0.15) is 0 Å². The molecule has 0 saturated carbocycles. The lowest BCUT2D eigenvalue weighted by molar-refractivity contribution is 0.208. The van der Waals surface area contributed by atoms with Gasteiger partial charge in [-0.1, -0.05) is 25.1 Å². The van der Waals surface area contributed by atoms with Crippen LogP contribution < -0.4 is 10.2 Å². The van der Waals surface area contributed by atoms with E-state index in [1.54, 1.807) is 0 Å². The van der Waals surface area contributed by atoms with Crippen molar-refractivity contribution in [2.75, 3.05) is 36.4 Å². The first kappa shape index (κ1) is 21.8. The molecule has 1 aromatic heterocycles. The zero-order valence-corrected chi connectivity index (χ0v) is 19.4. The second-order valence-electron chi connectivity index (χ2n) is 8.48. The summed E-state index contributed by atoms with van der Waals surface area (Å²) in [6.07, 6.45) is 0.990. The molecule has 2 amide bonds. The van der Waals surface area contributed by atoms with Crippen LogP contribution >= 0.6 is 0 Å². The lowest BCUT2D eigenvalue weighted by Crippen LogP contribution is -2.50. The highest BCUT2D eigenvalue weighted by atomic mass is 16.2. The fraction of sp³-hybridized carbons (Fsp3) is 0.346. The number of aromatic nitrogens is 2. The molecular weight excluding hydrogens is 398 g/mol. The van der Waals surface area contributed by atoms with E-state index in [9.17, 15) is 4.79 Å². The van der Waals surface area contributed by atoms with E-state index in [2.05, 4.69) is 72.4 Å². The summed E-state index contributed by atoms with van der Waals surface area (Å²) in [5, 5.41) is 12.0. The van der Waals surface area contributed by atoms with Crippen molar-refractivity contribution in [3.05, 3.63) is 70.8 Å². The number of nitrogens with zero attached hydrogens (tertiary/aromatic N) is 4. The van der Waals surface area contributed by atoms with E-state index < -0.39 is 0 Å². The van der Waals surface area contributed by atoms with Crippen LogP contribution in [0.5, 0.6) is 0 Å². The predicted octanol–water partition coefficient (Wildman–Crippen LogP) is 4.99. The number of piperazine rings is 1. The molecule has 0 aliphatic carbocycles. The predicted molar refractivity (Wildman–Crippen MR) is 130 cm³/mol. The van der Waals surface area contributed by atoms with Gasteiger partial charge in [-0.25, -0.2) is 4.79 Å². The average Bonchev–Trinajstić information content (AvgIpc) is 2.82. The first-order valence-electron chi connectivity index (χ1n) is 11.3. The molecule has 2 heterocycles. The second-order valence-corrected chi connectivity index (χ2v) is 8.48. The monoisotopic (exact) mass is 429 g/mol. The van der Waals surface area contributed by atoms with E-state index in [-0.39, 0.29) is 6.03 Å². The van der Waals surface area contributed by atoms with Crippen molar-refractivity contribution in [3.63, 3.8) is 0 Å². The second kappa shape index (κ2) is 9.39. The topological polar surface area (TPSA) is 61.4 Å². The number of carbonyl (C=O) groups is 1. The van der Waals surface area contributed by atoms with E-state index in [0.717, 1.165) is 42.3 Å². The molecule has 6 heteroatoms. The minimum absolute atomic E-state index is 0.0550. The summed E-state index contributed by atoms with van der Waals surface area (Å²) in [5.74, 6) is 0.852. The number of nitrogens with one attached hydrogen (secondary N) is 1. The van der Waals surface area contributed by atoms with Crippen LogP contribution in [-0.4, -0.2) is 47.3 Å². The summed E-state index contributed by atoms with van der Waals surface area (Å²) in [5.41, 5.74) is 7.86. The van der Waals surface area contributed by atoms with Crippen LogP contribution in [0.15, 0.2) is 48.5 Å². The van der Waals surface area contributed by atoms with Gasteiger partial charge in [0.05, 0.1) is 5.69 Å². The van der Waals surface area contributed by atoms with E-state index >= 15 is 0 Å². The summed E-state index contributed by atoms with van der Waals surface area (Å²) in [7, 11) is 0. The third-order valence-corrected chi connectivity index (χ3v) is 6.27. The number of hydrogen-bond donors (Lipinski definition) is 1. The molecule has 1 saturated heterocycles. The number of hydrogen-bond acceptors (Lipinski definition) is 4. The summed E-state index contributed by atoms with van der Waals surface area (Å²) in [6, 6.07) is 16.4. The van der Waals surface area contributed by atoms with Gasteiger partial charge < -0.3 is 15.1 Å². The van der Waals surface area contributed by atoms with Gasteiger partial charge in [0.15, 0.2) is 5.82 Å². The molecule has 3 aromatic rings. The first-order chi connectivity index (χ1) is 15.4. The number of amides is 2. The minimum Gasteiger partial charge on any atom is -0.352 e. The van der Waals surface area contributed by atoms with Gasteiger partial charge in [0.2, 0.25) is 0 Å². The van der Waals surface area contributed by atoms with Crippen molar-refractivity contribution in [3.8, 4) is 11.3 Å². The van der Waals surface area contributed by atoms with Crippen LogP contribution in [0.1, 0.15) is 29.2 Å². The molecule has 1 aliphatic rings. The quantitative estimate of drug-likeness (QED) is 0.635. The van der Waals surface area contributed by atoms with E-state index in [1.807, 2.05) is 29.2 Å². The third-order valence-electron chi connectivity index (χ3n) is 6.27. The highest BCUT2D eigenvalue weighted by Gasteiger charge is 2.22. The van der Waals surface area contributed by atoms with Crippen LogP contribution in [0.3, 0.4) is 0 Å². The zero-order chi connectivity index (χ0) is 22.7. The molecule has 1 N–H and O–H groups in total. The molecule has 0 unspecified atom stereocenters. The maximum Gasteiger partial charge on any atom is 0.321 e. The molecule has 4 rings (SSSR count). The summed E-state index contributed by atoms with van der Waals surface area (Å²) in [4.78, 5) is 16.7. The van der Waals surface area contributed by atoms with Crippen LogP contribution in [0, 0.1) is 20.8 Å². The normalized spacial score (nSPS) is 13.9. The first-order valence-corrected chi connectivity index (χ1v) is 11.3. The van der Waals surface area contributed by atoms with Gasteiger partial charge in [0.25, 0.3) is 0 Å². The van der Waals surface area contributed by atoms with Gasteiger partial charge in [0.1, 0.15) is 0 Å². The lowest BCUT2D eigenvalue weighted by Gasteiger charge is -2.35. The van der Waals surface area contributed by atoms with Crippen LogP contribution in [0.4, 0.5) is 16.3 Å². The lowest BCUT2D eigenvalue weighted by atomic mass is 9.99. The summed E-state index contributed by atoms with van der Waals surface area (Å²) < 4.78 is 0. The molecule has 32 heavy (non-hydrogen) atoms. The van der Waals surface area contributed by atoms with Crippen molar-refractivity contribution >= 4 is 17.5 Å². The van der Waals surface area contributed by atoms with Crippen molar-refractivity contribution in [1.29, 1.82) is 0 Å². The van der Waals surface area contributed by atoms with E-state index in [4.69, 9.17) is 0 Å². The Labute approximate surface area is 190 Å². The SMILES string of the molecule is CCc1ccc(NC(=O)N2CCN(c3ccc(-c4cc(C)c(C)cc4C)nn3)CC2)cc1. The molecule has 0 bridgehead atoms. The number of anilines is 2. The van der Waals surface area contributed by atoms with Gasteiger partial charge in [-0.15, -0.1) is 10.2 Å². The number of aryl methyl sites for hydroxylation is 4. The zero-order valence-electron chi connectivity index (χ0n) is 19.4. The van der Waals surface area contributed by atoms with Crippen molar-refractivity contribution in [1.82, 2.24) is 15.1 Å². The Morgan fingerprint density at radius 3 is 2.19 bits per heavy atom. The number of benzene rings is 2. The average molecular weight is 430 g/mol. The molecule has 1 fully saturated rings. The van der Waals surface area contributed by atoms with Crippen molar-refractivity contribution in [2.24, 2.45) is 0 Å². The van der Waals surface area contributed by atoms with Crippen LogP contribution in [0.2, 0.25) is 0 Å². The number of rotatable bonds is 4. The maximum atomic E-state index is 12.6. The summed E-state index contributed by atoms with van der Waals surface area (Å²) >= 11 is 0. The Kier molecular flexibility index (Phi) is 6.40. The van der Waals surface area contributed by atoms with Gasteiger partial charge >= 0.3 is 6.03 Å². The highest BCUT2D eigenvalue weighted by Crippen LogP contribution is 2.25. The Balaban J connectivity index is 1.36. The Morgan fingerprint density at radius 1 is 0.875 bits per heavy atom. The van der Waals surface area contributed by atoms with E-state index in [1.165, 1.54) is 22.3 Å². The molecule has 166 valence electrons. The van der Waals surface area contributed by atoms with Gasteiger partial charge in [0, 0.05) is 37.4 Å². The molecule has 0 spiro atoms. The maximum absolute atomic E-state index is 12.6. The molecule has 2 aromatic carbocycles. The fourth-order valence-corrected chi connectivity index (χ4v) is 4.04. The number of urea groups is 1. The van der Waals surface area contributed by atoms with E-state index in [0.29, 0.717) is 13.1 Å². The standard InChI is InChI=1S/C26H31N5O/c1-5-21-6-8-22(9-7-21)27-26(32)31-14-12-30(13-15-31)25-11-10-24(28-29-25)23-17-19(3)18(2)16-20(23)4/h6-11,16-17H,5,12-15H2,1-4H3,(H,27,32). The third kappa shape index (κ3) is 4.74. The largest absolute Gasteiger partial charge is 0.352 e. The molecule has 0 atom stereocenters. The molecule has 1 aliphatic heterocycles. The molecule has 0 radical (unpaired) electrons. The smallest absolute Gasteiger partial charge is 0.321 e. The van der Waals surface area contributed by atoms with Crippen molar-refractivity contribution < 1.29 is 4.79 Å². The molecular formula is C26H31N5O. The van der Waals surface area contributed by atoms with Crippen molar-refractivity contribution in [2.45, 2.75) is 34.1 Å². The number of carbonyl (C=O) groups excluding carboxylic acids is 1. The Hall–Kier alpha value is -3.41. The molecule has 6 nitrogen and oxygen atoms in total. The van der Waals surface area contributed by atoms with Crippen LogP contribution in [-0.2, 0) is 6.42 Å². The Morgan fingerprint density at radius 2 is 1.56 bits per heavy atom. The van der Waals surface area contributed by atoms with Crippen LogP contribution in [0.25, 0.3) is 11.3 Å². The Bertz CT molecular complexity index is 1080. The highest BCUT2D eigenvalue weighted by molar-refractivity contribution is 5.89. The fourth-order valence-electron chi connectivity index (χ4n) is 4.04. The summed E-state index contributed by atoms with van der Waals surface area (Å²) in [6.45, 7) is 11.3. The minimum atomic E-state index is -0.0550. The van der Waals surface area contributed by atoms with Gasteiger partial charge in [-0.05, 0) is 79.8 Å². The van der Waals surface area contributed by atoms with Gasteiger partial charge in [-0.3, -0.25) is 0 Å².